The van der Waals surface area contributed by atoms with E-state index in [0.29, 0.717) is 30.2 Å². The number of piperazine rings is 1. The van der Waals surface area contributed by atoms with Gasteiger partial charge in [0.25, 0.3) is 5.91 Å². The highest BCUT2D eigenvalue weighted by Crippen LogP contribution is 2.37. The molecule has 1 saturated heterocycles. The molecule has 0 aliphatic carbocycles. The molecule has 3 aromatic rings. The highest BCUT2D eigenvalue weighted by atomic mass is 32.2. The van der Waals surface area contributed by atoms with Crippen molar-refractivity contribution >= 4 is 40.2 Å². The number of fused-ring (bicyclic) bond motifs is 3. The standard InChI is InChI=1S/C29H33F3N4O4S/c1-16-12-23(35-11-10-34(4)17(2)14-35)18(3)26-25(16)20-8-9-36(15-21(20)28(38)39-26)27(37)19-6-7-22(33-41-5)24(13-19)40-29(30,31)32/h6-7,12-13,17,33H,8-11,14-15H2,1-5H3. The third-order valence-corrected chi connectivity index (χ3v) is 8.47. The van der Waals surface area contributed by atoms with Crippen LogP contribution < -0.4 is 20.0 Å². The van der Waals surface area contributed by atoms with Crippen molar-refractivity contribution in [2.45, 2.75) is 46.1 Å². The van der Waals surface area contributed by atoms with Gasteiger partial charge in [-0.15, -0.1) is 13.2 Å². The Morgan fingerprint density at radius 3 is 2.59 bits per heavy atom. The lowest BCUT2D eigenvalue weighted by Crippen LogP contribution is -2.50. The molecule has 0 bridgehead atoms. The van der Waals surface area contributed by atoms with E-state index in [-0.39, 0.29) is 17.8 Å². The minimum absolute atomic E-state index is 0.00290. The first-order chi connectivity index (χ1) is 19.4. The summed E-state index contributed by atoms with van der Waals surface area (Å²) >= 11 is 1.10. The van der Waals surface area contributed by atoms with Gasteiger partial charge in [0, 0.05) is 60.7 Å². The van der Waals surface area contributed by atoms with Gasteiger partial charge < -0.3 is 28.6 Å². The van der Waals surface area contributed by atoms with Gasteiger partial charge in [-0.25, -0.2) is 4.79 Å². The van der Waals surface area contributed by atoms with Crippen LogP contribution in [-0.2, 0) is 13.0 Å². The van der Waals surface area contributed by atoms with Crippen molar-refractivity contribution < 1.29 is 27.1 Å². The summed E-state index contributed by atoms with van der Waals surface area (Å²) < 4.78 is 51.8. The van der Waals surface area contributed by atoms with Gasteiger partial charge in [-0.2, -0.15) is 0 Å². The molecule has 1 amide bonds. The van der Waals surface area contributed by atoms with Crippen LogP contribution in [-0.4, -0.2) is 67.6 Å². The molecule has 0 saturated carbocycles. The molecule has 0 spiro atoms. The Labute approximate surface area is 240 Å². The number of nitrogens with one attached hydrogen (secondary N) is 1. The second kappa shape index (κ2) is 11.1. The molecule has 220 valence electrons. The molecule has 2 aromatic carbocycles. The molecule has 1 unspecified atom stereocenters. The van der Waals surface area contributed by atoms with Gasteiger partial charge >= 0.3 is 12.0 Å². The number of amides is 1. The quantitative estimate of drug-likeness (QED) is 0.316. The van der Waals surface area contributed by atoms with Crippen LogP contribution >= 0.6 is 11.9 Å². The molecule has 12 heteroatoms. The molecular formula is C29H33F3N4O4S. The maximum atomic E-state index is 13.4. The molecule has 2 aliphatic heterocycles. The van der Waals surface area contributed by atoms with E-state index in [1.807, 2.05) is 13.8 Å². The van der Waals surface area contributed by atoms with E-state index in [1.54, 1.807) is 6.26 Å². The molecule has 41 heavy (non-hydrogen) atoms. The molecule has 5 rings (SSSR count). The Hall–Kier alpha value is -3.38. The number of hydrogen-bond acceptors (Lipinski definition) is 8. The van der Waals surface area contributed by atoms with Crippen molar-refractivity contribution in [2.75, 3.05) is 49.1 Å². The lowest BCUT2D eigenvalue weighted by atomic mass is 9.92. The van der Waals surface area contributed by atoms with E-state index in [2.05, 4.69) is 39.3 Å². The summed E-state index contributed by atoms with van der Waals surface area (Å²) in [6.07, 6.45) is -2.83. The van der Waals surface area contributed by atoms with E-state index >= 15 is 0 Å². The Morgan fingerprint density at radius 2 is 1.90 bits per heavy atom. The maximum Gasteiger partial charge on any atom is 0.573 e. The average molecular weight is 591 g/mol. The molecule has 1 N–H and O–H groups in total. The molecule has 1 atom stereocenters. The van der Waals surface area contributed by atoms with Crippen LogP contribution in [0.1, 0.15) is 39.5 Å². The van der Waals surface area contributed by atoms with Crippen molar-refractivity contribution in [3.05, 3.63) is 62.5 Å². The summed E-state index contributed by atoms with van der Waals surface area (Å²) in [5.41, 5.74) is 4.42. The maximum absolute atomic E-state index is 13.4. The first-order valence-corrected chi connectivity index (χ1v) is 14.6. The first kappa shape index (κ1) is 29.1. The number of carbonyl (C=O) groups is 1. The predicted octanol–water partition coefficient (Wildman–Crippen LogP) is 5.34. The summed E-state index contributed by atoms with van der Waals surface area (Å²) in [6.45, 7) is 9.18. The smallest absolute Gasteiger partial charge is 0.422 e. The third kappa shape index (κ3) is 5.72. The minimum Gasteiger partial charge on any atom is -0.422 e. The molecule has 1 fully saturated rings. The number of hydrogen-bond donors (Lipinski definition) is 1. The Balaban J connectivity index is 1.47. The number of anilines is 2. The predicted molar refractivity (Wildman–Crippen MR) is 155 cm³/mol. The summed E-state index contributed by atoms with van der Waals surface area (Å²) in [7, 11) is 2.12. The SMILES string of the molecule is CSNc1ccc(C(=O)N2CCc3c(c(=O)oc4c(C)c(N5CCN(C)C(C)C5)cc(C)c34)C2)cc1OC(F)(F)F. The topological polar surface area (TPSA) is 78.3 Å². The Kier molecular flexibility index (Phi) is 7.90. The van der Waals surface area contributed by atoms with Crippen molar-refractivity contribution in [1.29, 1.82) is 0 Å². The average Bonchev–Trinajstić information content (AvgIpc) is 2.92. The summed E-state index contributed by atoms with van der Waals surface area (Å²) in [5.74, 6) is -0.998. The van der Waals surface area contributed by atoms with Gasteiger partial charge in [-0.1, -0.05) is 11.9 Å². The monoisotopic (exact) mass is 590 g/mol. The number of nitrogens with zero attached hydrogens (tertiary/aromatic N) is 3. The molecule has 2 aliphatic rings. The Bertz CT molecular complexity index is 1560. The lowest BCUT2D eigenvalue weighted by molar-refractivity contribution is -0.274. The number of halogens is 3. The van der Waals surface area contributed by atoms with Crippen LogP contribution in [0.15, 0.2) is 33.5 Å². The van der Waals surface area contributed by atoms with Gasteiger partial charge in [0.05, 0.1) is 17.8 Å². The van der Waals surface area contributed by atoms with Crippen LogP contribution in [0.4, 0.5) is 24.5 Å². The molecule has 0 radical (unpaired) electrons. The number of aryl methyl sites for hydroxylation is 2. The zero-order valence-corrected chi connectivity index (χ0v) is 24.5. The summed E-state index contributed by atoms with van der Waals surface area (Å²) in [6, 6.07) is 6.43. The van der Waals surface area contributed by atoms with Crippen molar-refractivity contribution in [3.8, 4) is 5.75 Å². The van der Waals surface area contributed by atoms with Gasteiger partial charge in [0.2, 0.25) is 0 Å². The van der Waals surface area contributed by atoms with E-state index < -0.39 is 23.6 Å². The van der Waals surface area contributed by atoms with Crippen LogP contribution in [0.2, 0.25) is 0 Å². The van der Waals surface area contributed by atoms with Gasteiger partial charge in [0.15, 0.2) is 5.75 Å². The van der Waals surface area contributed by atoms with Crippen molar-refractivity contribution in [3.63, 3.8) is 0 Å². The van der Waals surface area contributed by atoms with Crippen LogP contribution in [0, 0.1) is 13.8 Å². The van der Waals surface area contributed by atoms with E-state index in [1.165, 1.54) is 17.0 Å². The van der Waals surface area contributed by atoms with Crippen LogP contribution in [0.25, 0.3) is 11.0 Å². The zero-order valence-electron chi connectivity index (χ0n) is 23.6. The number of carbonyl (C=O) groups excluding carboxylic acids is 1. The largest absolute Gasteiger partial charge is 0.573 e. The number of rotatable bonds is 5. The van der Waals surface area contributed by atoms with Crippen molar-refractivity contribution in [1.82, 2.24) is 9.80 Å². The molecule has 8 nitrogen and oxygen atoms in total. The molecule has 1 aromatic heterocycles. The fraction of sp³-hybridized carbons (Fsp3) is 0.448. The highest BCUT2D eigenvalue weighted by Gasteiger charge is 2.34. The van der Waals surface area contributed by atoms with E-state index in [9.17, 15) is 22.8 Å². The van der Waals surface area contributed by atoms with Crippen LogP contribution in [0.5, 0.6) is 5.75 Å². The normalized spacial score (nSPS) is 18.0. The second-order valence-corrected chi connectivity index (χ2v) is 11.3. The van der Waals surface area contributed by atoms with Gasteiger partial charge in [-0.3, -0.25) is 4.79 Å². The third-order valence-electron chi connectivity index (χ3n) is 8.04. The lowest BCUT2D eigenvalue weighted by Gasteiger charge is -2.40. The fourth-order valence-electron chi connectivity index (χ4n) is 5.76. The van der Waals surface area contributed by atoms with Crippen LogP contribution in [0.3, 0.4) is 0 Å². The fourth-order valence-corrected chi connectivity index (χ4v) is 6.15. The number of alkyl halides is 3. The zero-order chi connectivity index (χ0) is 29.6. The second-order valence-electron chi connectivity index (χ2n) is 10.7. The number of likely N-dealkylation sites (N-methyl/N-ethyl adjacent to an activating group) is 1. The number of ether oxygens (including phenoxy) is 1. The van der Waals surface area contributed by atoms with E-state index in [4.69, 9.17) is 4.42 Å². The van der Waals surface area contributed by atoms with Gasteiger partial charge in [0.1, 0.15) is 5.58 Å². The summed E-state index contributed by atoms with van der Waals surface area (Å²) in [4.78, 5) is 32.8. The molecule has 3 heterocycles. The summed E-state index contributed by atoms with van der Waals surface area (Å²) in [5, 5.41) is 0.892. The van der Waals surface area contributed by atoms with E-state index in [0.717, 1.165) is 65.4 Å². The van der Waals surface area contributed by atoms with Crippen molar-refractivity contribution in [2.24, 2.45) is 0 Å². The minimum atomic E-state index is -4.92. The first-order valence-electron chi connectivity index (χ1n) is 13.4. The van der Waals surface area contributed by atoms with Gasteiger partial charge in [-0.05, 0) is 69.6 Å². The highest BCUT2D eigenvalue weighted by molar-refractivity contribution is 7.99. The molecular weight excluding hydrogens is 557 g/mol. The number of benzene rings is 2. The Morgan fingerprint density at radius 1 is 1.15 bits per heavy atom.